The van der Waals surface area contributed by atoms with Gasteiger partial charge in [-0.1, -0.05) is 0 Å². The van der Waals surface area contributed by atoms with Gasteiger partial charge in [0.1, 0.15) is 11.3 Å². The third kappa shape index (κ3) is 2.91. The molecule has 1 N–H and O–H groups in total. The van der Waals surface area contributed by atoms with Gasteiger partial charge in [0.25, 0.3) is 0 Å². The Bertz CT molecular complexity index is 290. The number of carboxylic acid groups (broad SMARTS) is 1. The number of pyridine rings is 1. The molecule has 0 bridgehead atoms. The van der Waals surface area contributed by atoms with Crippen molar-refractivity contribution in [2.75, 3.05) is 6.61 Å². The third-order valence-corrected chi connectivity index (χ3v) is 1.31. The van der Waals surface area contributed by atoms with Crippen molar-refractivity contribution in [2.45, 2.75) is 6.92 Å². The topological polar surface area (TPSA) is 59.4 Å². The van der Waals surface area contributed by atoms with Gasteiger partial charge >= 0.3 is 5.97 Å². The van der Waals surface area contributed by atoms with Crippen molar-refractivity contribution in [3.8, 4) is 5.75 Å². The van der Waals surface area contributed by atoms with Crippen LogP contribution < -0.4 is 4.74 Å². The van der Waals surface area contributed by atoms with Crippen LogP contribution in [0.3, 0.4) is 0 Å². The summed E-state index contributed by atoms with van der Waals surface area (Å²) in [5.41, 5.74) is 0.0966. The smallest absolute Gasteiger partial charge is 0.341 e. The molecular weight excluding hydrogens is 194 g/mol. The van der Waals surface area contributed by atoms with E-state index in [1.165, 1.54) is 18.5 Å². The molecule has 0 aliphatic rings. The van der Waals surface area contributed by atoms with Crippen molar-refractivity contribution in [2.24, 2.45) is 0 Å². The SMILES string of the molecule is CCOc1ccncc1C(=O)O.Cl. The maximum atomic E-state index is 10.6. The monoisotopic (exact) mass is 203 g/mol. The van der Waals surface area contributed by atoms with Crippen LogP contribution in [0.15, 0.2) is 18.5 Å². The summed E-state index contributed by atoms with van der Waals surface area (Å²) in [4.78, 5) is 14.3. The molecule has 0 amide bonds. The van der Waals surface area contributed by atoms with E-state index < -0.39 is 5.97 Å². The van der Waals surface area contributed by atoms with Crippen LogP contribution in [0, 0.1) is 0 Å². The highest BCUT2D eigenvalue weighted by atomic mass is 35.5. The summed E-state index contributed by atoms with van der Waals surface area (Å²) in [7, 11) is 0. The Hall–Kier alpha value is -1.29. The highest BCUT2D eigenvalue weighted by Gasteiger charge is 2.09. The van der Waals surface area contributed by atoms with Gasteiger partial charge in [0, 0.05) is 12.4 Å². The first kappa shape index (κ1) is 11.7. The molecule has 0 unspecified atom stereocenters. The minimum atomic E-state index is -1.02. The van der Waals surface area contributed by atoms with Crippen molar-refractivity contribution in [1.82, 2.24) is 4.98 Å². The van der Waals surface area contributed by atoms with Gasteiger partial charge in [0.2, 0.25) is 0 Å². The Morgan fingerprint density at radius 3 is 2.92 bits per heavy atom. The number of hydrogen-bond acceptors (Lipinski definition) is 3. The van der Waals surface area contributed by atoms with Crippen molar-refractivity contribution in [1.29, 1.82) is 0 Å². The molecule has 0 aliphatic carbocycles. The number of hydrogen-bond donors (Lipinski definition) is 1. The average Bonchev–Trinajstić information content (AvgIpc) is 2.05. The summed E-state index contributed by atoms with van der Waals surface area (Å²) >= 11 is 0. The number of carboxylic acids is 1. The maximum absolute atomic E-state index is 10.6. The van der Waals surface area contributed by atoms with Crippen molar-refractivity contribution in [3.05, 3.63) is 24.0 Å². The van der Waals surface area contributed by atoms with Crippen LogP contribution in [-0.2, 0) is 0 Å². The first-order valence-corrected chi connectivity index (χ1v) is 3.55. The molecule has 72 valence electrons. The minimum Gasteiger partial charge on any atom is -0.493 e. The van der Waals surface area contributed by atoms with E-state index in [0.29, 0.717) is 12.4 Å². The molecule has 0 saturated heterocycles. The molecule has 0 atom stereocenters. The van der Waals surface area contributed by atoms with Crippen LogP contribution in [-0.4, -0.2) is 22.7 Å². The fourth-order valence-corrected chi connectivity index (χ4v) is 0.824. The molecule has 1 rings (SSSR count). The predicted octanol–water partition coefficient (Wildman–Crippen LogP) is 1.60. The summed E-state index contributed by atoms with van der Waals surface area (Å²) in [5.74, 6) is -0.661. The van der Waals surface area contributed by atoms with Crippen LogP contribution in [0.5, 0.6) is 5.75 Å². The molecule has 0 radical (unpaired) electrons. The Balaban J connectivity index is 0.00000144. The van der Waals surface area contributed by atoms with E-state index >= 15 is 0 Å². The lowest BCUT2D eigenvalue weighted by molar-refractivity contribution is 0.0692. The van der Waals surface area contributed by atoms with E-state index in [-0.39, 0.29) is 18.0 Å². The van der Waals surface area contributed by atoms with Gasteiger partial charge in [0.05, 0.1) is 6.61 Å². The number of halogens is 1. The number of rotatable bonds is 3. The van der Waals surface area contributed by atoms with Crippen LogP contribution in [0.1, 0.15) is 17.3 Å². The quantitative estimate of drug-likeness (QED) is 0.811. The summed E-state index contributed by atoms with van der Waals surface area (Å²) in [6, 6.07) is 1.53. The first-order valence-electron chi connectivity index (χ1n) is 3.55. The van der Waals surface area contributed by atoms with Gasteiger partial charge in [-0.3, -0.25) is 4.98 Å². The molecule has 0 spiro atoms. The van der Waals surface area contributed by atoms with E-state index in [1.54, 1.807) is 6.92 Å². The summed E-state index contributed by atoms with van der Waals surface area (Å²) in [6.07, 6.45) is 2.77. The molecule has 1 heterocycles. The van der Waals surface area contributed by atoms with E-state index in [2.05, 4.69) is 4.98 Å². The fraction of sp³-hybridized carbons (Fsp3) is 0.250. The summed E-state index contributed by atoms with van der Waals surface area (Å²) in [5, 5.41) is 8.67. The lowest BCUT2D eigenvalue weighted by Gasteiger charge is -2.04. The van der Waals surface area contributed by atoms with Gasteiger partial charge < -0.3 is 9.84 Å². The molecule has 5 heteroatoms. The minimum absolute atomic E-state index is 0. The van der Waals surface area contributed by atoms with Crippen LogP contribution in [0.25, 0.3) is 0 Å². The highest BCUT2D eigenvalue weighted by molar-refractivity contribution is 5.90. The highest BCUT2D eigenvalue weighted by Crippen LogP contribution is 2.15. The van der Waals surface area contributed by atoms with Crippen molar-refractivity contribution < 1.29 is 14.6 Å². The van der Waals surface area contributed by atoms with Gasteiger partial charge in [0.15, 0.2) is 0 Å². The molecular formula is C8H10ClNO3. The van der Waals surface area contributed by atoms with Gasteiger partial charge in [-0.2, -0.15) is 0 Å². The lowest BCUT2D eigenvalue weighted by Crippen LogP contribution is -2.02. The molecule has 1 aromatic rings. The van der Waals surface area contributed by atoms with Crippen molar-refractivity contribution >= 4 is 18.4 Å². The van der Waals surface area contributed by atoms with E-state index in [1.807, 2.05) is 0 Å². The van der Waals surface area contributed by atoms with Gasteiger partial charge in [-0.25, -0.2) is 4.79 Å². The molecule has 0 saturated carbocycles. The zero-order valence-electron chi connectivity index (χ0n) is 7.06. The second-order valence-electron chi connectivity index (χ2n) is 2.11. The Morgan fingerprint density at radius 2 is 2.38 bits per heavy atom. The van der Waals surface area contributed by atoms with Gasteiger partial charge in [-0.05, 0) is 13.0 Å². The lowest BCUT2D eigenvalue weighted by atomic mass is 10.2. The Labute approximate surface area is 82.0 Å². The summed E-state index contributed by atoms with van der Waals surface area (Å²) in [6.45, 7) is 2.25. The Kier molecular flexibility index (Phi) is 4.84. The summed E-state index contributed by atoms with van der Waals surface area (Å²) < 4.78 is 5.08. The average molecular weight is 204 g/mol. The second-order valence-corrected chi connectivity index (χ2v) is 2.11. The Morgan fingerprint density at radius 1 is 1.69 bits per heavy atom. The predicted molar refractivity (Wildman–Crippen MR) is 49.6 cm³/mol. The normalized spacial score (nSPS) is 8.69. The molecule has 13 heavy (non-hydrogen) atoms. The van der Waals surface area contributed by atoms with Crippen LogP contribution in [0.2, 0.25) is 0 Å². The largest absolute Gasteiger partial charge is 0.493 e. The number of nitrogens with zero attached hydrogens (tertiary/aromatic N) is 1. The number of carbonyl (C=O) groups is 1. The number of ether oxygens (including phenoxy) is 1. The van der Waals surface area contributed by atoms with Crippen LogP contribution >= 0.6 is 12.4 Å². The number of aromatic nitrogens is 1. The molecule has 0 aliphatic heterocycles. The number of aromatic carboxylic acids is 1. The zero-order chi connectivity index (χ0) is 8.97. The fourth-order valence-electron chi connectivity index (χ4n) is 0.824. The molecule has 4 nitrogen and oxygen atoms in total. The zero-order valence-corrected chi connectivity index (χ0v) is 7.87. The molecule has 0 aromatic carbocycles. The van der Waals surface area contributed by atoms with E-state index in [9.17, 15) is 4.79 Å². The second kappa shape index (κ2) is 5.37. The first-order chi connectivity index (χ1) is 5.75. The third-order valence-electron chi connectivity index (χ3n) is 1.31. The van der Waals surface area contributed by atoms with Crippen molar-refractivity contribution in [3.63, 3.8) is 0 Å². The van der Waals surface area contributed by atoms with Gasteiger partial charge in [-0.15, -0.1) is 12.4 Å². The standard InChI is InChI=1S/C8H9NO3.ClH/c1-2-12-7-3-4-9-5-6(7)8(10)11;/h3-5H,2H2,1H3,(H,10,11);1H. The van der Waals surface area contributed by atoms with E-state index in [0.717, 1.165) is 0 Å². The molecule has 0 fully saturated rings. The maximum Gasteiger partial charge on any atom is 0.341 e. The van der Waals surface area contributed by atoms with E-state index in [4.69, 9.17) is 9.84 Å². The molecule has 1 aromatic heterocycles. The van der Waals surface area contributed by atoms with Crippen LogP contribution in [0.4, 0.5) is 0 Å².